The molecule has 1 heterocycles. The molecular formula is C21H36O4. The maximum absolute atomic E-state index is 12.6. The van der Waals surface area contributed by atoms with E-state index in [-0.39, 0.29) is 47.4 Å². The quantitative estimate of drug-likeness (QED) is 0.474. The Morgan fingerprint density at radius 1 is 1.24 bits per heavy atom. The van der Waals surface area contributed by atoms with Crippen LogP contribution in [0.4, 0.5) is 0 Å². The van der Waals surface area contributed by atoms with Crippen LogP contribution in [-0.4, -0.2) is 29.1 Å². The molecular weight excluding hydrogens is 316 g/mol. The fourth-order valence-electron chi connectivity index (χ4n) is 3.80. The first-order chi connectivity index (χ1) is 11.6. The van der Waals surface area contributed by atoms with Crippen molar-refractivity contribution >= 4 is 11.8 Å². The van der Waals surface area contributed by atoms with Crippen LogP contribution >= 0.6 is 0 Å². The van der Waals surface area contributed by atoms with Gasteiger partial charge in [0.1, 0.15) is 11.9 Å². The van der Waals surface area contributed by atoms with Gasteiger partial charge in [0.25, 0.3) is 0 Å². The second-order valence-corrected chi connectivity index (χ2v) is 7.97. The summed E-state index contributed by atoms with van der Waals surface area (Å²) in [5.74, 6) is -0.179. The van der Waals surface area contributed by atoms with Crippen molar-refractivity contribution < 1.29 is 19.4 Å². The second kappa shape index (κ2) is 9.51. The number of carbonyl (C=O) groups is 2. The molecule has 0 radical (unpaired) electrons. The van der Waals surface area contributed by atoms with Gasteiger partial charge in [-0.25, -0.2) is 0 Å². The molecule has 1 saturated heterocycles. The van der Waals surface area contributed by atoms with Gasteiger partial charge in [0.2, 0.25) is 0 Å². The van der Waals surface area contributed by atoms with E-state index in [2.05, 4.69) is 6.92 Å². The molecule has 0 amide bonds. The molecule has 0 aromatic heterocycles. The molecule has 25 heavy (non-hydrogen) atoms. The largest absolute Gasteiger partial charge is 0.461 e. The Morgan fingerprint density at radius 2 is 1.84 bits per heavy atom. The summed E-state index contributed by atoms with van der Waals surface area (Å²) in [4.78, 5) is 24.0. The Hall–Kier alpha value is -1.16. The summed E-state index contributed by atoms with van der Waals surface area (Å²) in [6.45, 7) is 13.9. The third kappa shape index (κ3) is 5.40. The number of aliphatic hydroxyl groups excluding tert-OH is 1. The van der Waals surface area contributed by atoms with E-state index in [1.165, 1.54) is 0 Å². The lowest BCUT2D eigenvalue weighted by atomic mass is 9.81. The standard InChI is InChI=1S/C21H36O4/c1-8-13(4)18(22)16(7)19(23)14(5)10-12(3)11-15(6)20-17(9-2)21(24)25-20/h10,13-18,20,22H,8-9,11H2,1-7H3. The second-order valence-electron chi connectivity index (χ2n) is 7.97. The Balaban J connectivity index is 2.62. The summed E-state index contributed by atoms with van der Waals surface area (Å²) in [5, 5.41) is 10.3. The zero-order valence-electron chi connectivity index (χ0n) is 16.9. The Labute approximate surface area is 153 Å². The maximum Gasteiger partial charge on any atom is 0.313 e. The number of allylic oxidation sites excluding steroid dienone is 2. The average Bonchev–Trinajstić information content (AvgIpc) is 2.56. The fraction of sp³-hybridized carbons (Fsp3) is 0.810. The van der Waals surface area contributed by atoms with Crippen LogP contribution < -0.4 is 0 Å². The molecule has 1 rings (SSSR count). The summed E-state index contributed by atoms with van der Waals surface area (Å²) in [6, 6.07) is 0. The van der Waals surface area contributed by atoms with Crippen LogP contribution in [-0.2, 0) is 14.3 Å². The minimum Gasteiger partial charge on any atom is -0.461 e. The number of aliphatic hydroxyl groups is 1. The van der Waals surface area contributed by atoms with Gasteiger partial charge in [-0.1, -0.05) is 59.6 Å². The van der Waals surface area contributed by atoms with Gasteiger partial charge in [-0.05, 0) is 31.6 Å². The number of cyclic esters (lactones) is 1. The number of hydrogen-bond donors (Lipinski definition) is 1. The lowest BCUT2D eigenvalue weighted by molar-refractivity contribution is -0.191. The zero-order chi connectivity index (χ0) is 19.3. The van der Waals surface area contributed by atoms with Crippen molar-refractivity contribution in [3.8, 4) is 0 Å². The van der Waals surface area contributed by atoms with E-state index in [0.717, 1.165) is 24.8 Å². The molecule has 7 atom stereocenters. The van der Waals surface area contributed by atoms with Crippen LogP contribution in [0, 0.1) is 29.6 Å². The highest BCUT2D eigenvalue weighted by atomic mass is 16.6. The van der Waals surface area contributed by atoms with Gasteiger partial charge in [-0.3, -0.25) is 9.59 Å². The minimum absolute atomic E-state index is 0.00185. The van der Waals surface area contributed by atoms with E-state index in [9.17, 15) is 14.7 Å². The summed E-state index contributed by atoms with van der Waals surface area (Å²) < 4.78 is 5.30. The fourth-order valence-corrected chi connectivity index (χ4v) is 3.80. The molecule has 1 aliphatic rings. The van der Waals surface area contributed by atoms with Crippen LogP contribution in [0.3, 0.4) is 0 Å². The summed E-state index contributed by atoms with van der Waals surface area (Å²) in [6.07, 6.45) is 3.90. The smallest absolute Gasteiger partial charge is 0.313 e. The summed E-state index contributed by atoms with van der Waals surface area (Å²) in [7, 11) is 0. The zero-order valence-corrected chi connectivity index (χ0v) is 16.9. The monoisotopic (exact) mass is 352 g/mol. The third-order valence-electron chi connectivity index (χ3n) is 5.77. The van der Waals surface area contributed by atoms with E-state index in [1.54, 1.807) is 0 Å². The molecule has 1 N–H and O–H groups in total. The van der Waals surface area contributed by atoms with E-state index in [1.807, 2.05) is 47.6 Å². The lowest BCUT2D eigenvalue weighted by Crippen LogP contribution is -2.48. The molecule has 7 unspecified atom stereocenters. The highest BCUT2D eigenvalue weighted by Gasteiger charge is 2.43. The first-order valence-electron chi connectivity index (χ1n) is 9.73. The minimum atomic E-state index is -0.590. The van der Waals surface area contributed by atoms with Gasteiger partial charge < -0.3 is 9.84 Å². The highest BCUT2D eigenvalue weighted by Crippen LogP contribution is 2.34. The number of ether oxygens (including phenoxy) is 1. The molecule has 144 valence electrons. The van der Waals surface area contributed by atoms with Crippen LogP contribution in [0.25, 0.3) is 0 Å². The predicted molar refractivity (Wildman–Crippen MR) is 100.0 cm³/mol. The van der Waals surface area contributed by atoms with Gasteiger partial charge in [-0.2, -0.15) is 0 Å². The average molecular weight is 353 g/mol. The third-order valence-corrected chi connectivity index (χ3v) is 5.77. The van der Waals surface area contributed by atoms with E-state index in [4.69, 9.17) is 4.74 Å². The van der Waals surface area contributed by atoms with Gasteiger partial charge in [0.15, 0.2) is 0 Å². The van der Waals surface area contributed by atoms with E-state index < -0.39 is 6.10 Å². The molecule has 0 spiro atoms. The molecule has 0 saturated carbocycles. The van der Waals surface area contributed by atoms with Crippen molar-refractivity contribution in [2.24, 2.45) is 29.6 Å². The molecule has 0 aromatic rings. The van der Waals surface area contributed by atoms with Crippen LogP contribution in [0.5, 0.6) is 0 Å². The van der Waals surface area contributed by atoms with Crippen LogP contribution in [0.15, 0.2) is 11.6 Å². The van der Waals surface area contributed by atoms with Crippen molar-refractivity contribution in [2.45, 2.75) is 79.9 Å². The SMILES string of the molecule is CCC(C)C(O)C(C)C(=O)C(C)C=C(C)CC(C)C1OC(=O)C1CC. The normalized spacial score (nSPS) is 26.9. The van der Waals surface area contributed by atoms with Crippen LogP contribution in [0.1, 0.15) is 67.7 Å². The Morgan fingerprint density at radius 3 is 2.32 bits per heavy atom. The number of ketones is 1. The van der Waals surface area contributed by atoms with E-state index >= 15 is 0 Å². The van der Waals surface area contributed by atoms with Crippen molar-refractivity contribution in [3.63, 3.8) is 0 Å². The Bertz CT molecular complexity index is 496. The maximum atomic E-state index is 12.6. The predicted octanol–water partition coefficient (Wildman–Crippen LogP) is 4.16. The number of Topliss-reactive ketones (excluding diaryl/α,β-unsaturated/α-hetero) is 1. The lowest BCUT2D eigenvalue weighted by Gasteiger charge is -2.38. The summed E-state index contributed by atoms with van der Waals surface area (Å²) in [5.41, 5.74) is 1.14. The van der Waals surface area contributed by atoms with E-state index in [0.29, 0.717) is 0 Å². The highest BCUT2D eigenvalue weighted by molar-refractivity contribution is 5.85. The molecule has 0 aromatic carbocycles. The Kier molecular flexibility index (Phi) is 8.33. The van der Waals surface area contributed by atoms with Crippen LogP contribution in [0.2, 0.25) is 0 Å². The van der Waals surface area contributed by atoms with Gasteiger partial charge >= 0.3 is 5.97 Å². The van der Waals surface area contributed by atoms with Crippen molar-refractivity contribution in [2.75, 3.05) is 0 Å². The van der Waals surface area contributed by atoms with Gasteiger partial charge in [0, 0.05) is 11.8 Å². The van der Waals surface area contributed by atoms with Gasteiger partial charge in [-0.15, -0.1) is 0 Å². The molecule has 4 nitrogen and oxygen atoms in total. The number of rotatable bonds is 10. The number of carbonyl (C=O) groups excluding carboxylic acids is 2. The first kappa shape index (κ1) is 21.9. The molecule has 1 fully saturated rings. The number of esters is 1. The molecule has 1 aliphatic heterocycles. The van der Waals surface area contributed by atoms with Crippen molar-refractivity contribution in [3.05, 3.63) is 11.6 Å². The summed E-state index contributed by atoms with van der Waals surface area (Å²) >= 11 is 0. The van der Waals surface area contributed by atoms with Crippen molar-refractivity contribution in [1.29, 1.82) is 0 Å². The van der Waals surface area contributed by atoms with Gasteiger partial charge in [0.05, 0.1) is 12.0 Å². The number of hydrogen-bond acceptors (Lipinski definition) is 4. The van der Waals surface area contributed by atoms with Crippen molar-refractivity contribution in [1.82, 2.24) is 0 Å². The molecule has 0 bridgehead atoms. The molecule has 0 aliphatic carbocycles. The first-order valence-corrected chi connectivity index (χ1v) is 9.73. The topological polar surface area (TPSA) is 63.6 Å². The molecule has 4 heteroatoms.